The van der Waals surface area contributed by atoms with Crippen LogP contribution >= 0.6 is 35.3 Å². The van der Waals surface area contributed by atoms with Crippen molar-refractivity contribution < 1.29 is 9.13 Å². The Morgan fingerprint density at radius 3 is 2.79 bits per heavy atom. The molecule has 28 heavy (non-hydrogen) atoms. The van der Waals surface area contributed by atoms with E-state index in [-0.39, 0.29) is 29.7 Å². The smallest absolute Gasteiger partial charge is 0.191 e. The van der Waals surface area contributed by atoms with E-state index in [1.807, 2.05) is 24.4 Å². The van der Waals surface area contributed by atoms with Gasteiger partial charge in [-0.25, -0.2) is 9.38 Å². The lowest BCUT2D eigenvalue weighted by Crippen LogP contribution is -2.36. The first kappa shape index (κ1) is 22.1. The molecule has 0 unspecified atom stereocenters. The van der Waals surface area contributed by atoms with Gasteiger partial charge in [0.15, 0.2) is 17.5 Å². The maximum Gasteiger partial charge on any atom is 0.191 e. The maximum absolute atomic E-state index is 14.3. The molecular weight excluding hydrogens is 490 g/mol. The van der Waals surface area contributed by atoms with Gasteiger partial charge in [0.2, 0.25) is 0 Å². The van der Waals surface area contributed by atoms with Crippen molar-refractivity contribution in [3.63, 3.8) is 0 Å². The molecule has 0 bridgehead atoms. The van der Waals surface area contributed by atoms with Gasteiger partial charge in [-0.1, -0.05) is 6.07 Å². The third-order valence-electron chi connectivity index (χ3n) is 3.66. The highest BCUT2D eigenvalue weighted by Crippen LogP contribution is 2.24. The fraction of sp³-hybridized carbons (Fsp3) is 0.200. The lowest BCUT2D eigenvalue weighted by Gasteiger charge is -2.12. The average Bonchev–Trinajstić information content (AvgIpc) is 3.20. The Morgan fingerprint density at radius 2 is 2.11 bits per heavy atom. The summed E-state index contributed by atoms with van der Waals surface area (Å²) in [7, 11) is 0. The summed E-state index contributed by atoms with van der Waals surface area (Å²) in [5, 5.41) is 10.5. The number of hydrogen-bond acceptors (Lipinski definition) is 4. The molecule has 0 aliphatic heterocycles. The van der Waals surface area contributed by atoms with Crippen LogP contribution in [0.4, 0.5) is 4.39 Å². The molecule has 0 saturated heterocycles. The summed E-state index contributed by atoms with van der Waals surface area (Å²) in [4.78, 5) is 8.50. The summed E-state index contributed by atoms with van der Waals surface area (Å²) in [5.41, 5.74) is 1.97. The van der Waals surface area contributed by atoms with Gasteiger partial charge in [0, 0.05) is 19.3 Å². The molecule has 3 rings (SSSR count). The zero-order chi connectivity index (χ0) is 18.9. The maximum atomic E-state index is 14.3. The van der Waals surface area contributed by atoms with Crippen molar-refractivity contribution in [3.05, 3.63) is 76.5 Å². The zero-order valence-electron chi connectivity index (χ0n) is 15.4. The first-order valence-electron chi connectivity index (χ1n) is 8.64. The van der Waals surface area contributed by atoms with Gasteiger partial charge in [-0.05, 0) is 59.1 Å². The van der Waals surface area contributed by atoms with Gasteiger partial charge in [0.1, 0.15) is 5.75 Å². The normalized spacial score (nSPS) is 10.9. The van der Waals surface area contributed by atoms with Crippen molar-refractivity contribution in [1.82, 2.24) is 15.6 Å². The molecule has 1 aromatic carbocycles. The summed E-state index contributed by atoms with van der Waals surface area (Å²) in [6.07, 6.45) is 3.18. The number of pyridine rings is 1. The molecule has 2 aromatic heterocycles. The van der Waals surface area contributed by atoms with E-state index in [1.54, 1.807) is 41.9 Å². The van der Waals surface area contributed by atoms with E-state index in [2.05, 4.69) is 26.0 Å². The third-order valence-corrected chi connectivity index (χ3v) is 4.39. The number of guanidine groups is 1. The monoisotopic (exact) mass is 512 g/mol. The van der Waals surface area contributed by atoms with E-state index in [9.17, 15) is 4.39 Å². The Labute approximate surface area is 185 Å². The minimum absolute atomic E-state index is 0. The van der Waals surface area contributed by atoms with Crippen molar-refractivity contribution in [2.45, 2.75) is 20.0 Å². The van der Waals surface area contributed by atoms with E-state index in [1.165, 1.54) is 11.6 Å². The SMILES string of the molecule is CCNC(=NCc1ccsc1)NCc1ccc(Oc2cccnc2)c(F)c1.I. The zero-order valence-corrected chi connectivity index (χ0v) is 18.5. The molecule has 0 atom stereocenters. The summed E-state index contributed by atoms with van der Waals surface area (Å²) in [5.74, 6) is 0.945. The van der Waals surface area contributed by atoms with E-state index in [4.69, 9.17) is 4.74 Å². The van der Waals surface area contributed by atoms with Crippen LogP contribution in [-0.4, -0.2) is 17.5 Å². The van der Waals surface area contributed by atoms with Crippen LogP contribution in [0.3, 0.4) is 0 Å². The molecule has 0 radical (unpaired) electrons. The molecule has 148 valence electrons. The number of halogens is 2. The second-order valence-electron chi connectivity index (χ2n) is 5.74. The van der Waals surface area contributed by atoms with Crippen molar-refractivity contribution >= 4 is 41.3 Å². The summed E-state index contributed by atoms with van der Waals surface area (Å²) in [6, 6.07) is 10.4. The van der Waals surface area contributed by atoms with E-state index >= 15 is 0 Å². The quantitative estimate of drug-likeness (QED) is 0.267. The minimum Gasteiger partial charge on any atom is -0.453 e. The first-order chi connectivity index (χ1) is 13.2. The molecule has 0 aliphatic rings. The topological polar surface area (TPSA) is 58.5 Å². The van der Waals surface area contributed by atoms with Crippen molar-refractivity contribution in [1.29, 1.82) is 0 Å². The fourth-order valence-electron chi connectivity index (χ4n) is 2.35. The Hall–Kier alpha value is -2.20. The number of aliphatic imine (C=N–C) groups is 1. The number of rotatable bonds is 7. The van der Waals surface area contributed by atoms with Gasteiger partial charge in [0.25, 0.3) is 0 Å². The lowest BCUT2D eigenvalue weighted by molar-refractivity contribution is 0.440. The van der Waals surface area contributed by atoms with Gasteiger partial charge in [0.05, 0.1) is 12.7 Å². The van der Waals surface area contributed by atoms with Crippen molar-refractivity contribution in [3.8, 4) is 11.5 Å². The Kier molecular flexibility index (Phi) is 9.15. The lowest BCUT2D eigenvalue weighted by atomic mass is 10.2. The third kappa shape index (κ3) is 6.75. The van der Waals surface area contributed by atoms with Crippen LogP contribution in [0.25, 0.3) is 0 Å². The van der Waals surface area contributed by atoms with E-state index < -0.39 is 5.82 Å². The second-order valence-corrected chi connectivity index (χ2v) is 6.52. The van der Waals surface area contributed by atoms with Crippen LogP contribution in [-0.2, 0) is 13.1 Å². The number of thiophene rings is 1. The molecule has 0 saturated carbocycles. The molecule has 8 heteroatoms. The van der Waals surface area contributed by atoms with Gasteiger partial charge in [-0.3, -0.25) is 4.98 Å². The molecule has 2 N–H and O–H groups in total. The fourth-order valence-corrected chi connectivity index (χ4v) is 3.01. The summed E-state index contributed by atoms with van der Waals surface area (Å²) < 4.78 is 19.8. The average molecular weight is 512 g/mol. The van der Waals surface area contributed by atoms with E-state index in [0.29, 0.717) is 24.8 Å². The number of nitrogens with one attached hydrogen (secondary N) is 2. The standard InChI is InChI=1S/C20H21FN4OS.HI/c1-2-23-20(25-12-16-7-9-27-14-16)24-11-15-5-6-19(18(21)10-15)26-17-4-3-8-22-13-17;/h3-10,13-14H,2,11-12H2,1H3,(H2,23,24,25);1H. The highest BCUT2D eigenvalue weighted by Gasteiger charge is 2.07. The van der Waals surface area contributed by atoms with Crippen LogP contribution in [0.15, 0.2) is 64.5 Å². The van der Waals surface area contributed by atoms with Gasteiger partial charge in [-0.15, -0.1) is 24.0 Å². The Bertz CT molecular complexity index is 875. The Morgan fingerprint density at radius 1 is 1.21 bits per heavy atom. The second kappa shape index (κ2) is 11.6. The highest BCUT2D eigenvalue weighted by molar-refractivity contribution is 14.0. The highest BCUT2D eigenvalue weighted by atomic mass is 127. The van der Waals surface area contributed by atoms with E-state index in [0.717, 1.165) is 12.1 Å². The molecule has 0 aliphatic carbocycles. The molecule has 0 amide bonds. The molecule has 2 heterocycles. The van der Waals surface area contributed by atoms with Crippen molar-refractivity contribution in [2.75, 3.05) is 6.54 Å². The van der Waals surface area contributed by atoms with Crippen LogP contribution in [0, 0.1) is 5.82 Å². The molecule has 5 nitrogen and oxygen atoms in total. The Balaban J connectivity index is 0.00000280. The van der Waals surface area contributed by atoms with Crippen molar-refractivity contribution in [2.24, 2.45) is 4.99 Å². The van der Waals surface area contributed by atoms with Gasteiger partial charge < -0.3 is 15.4 Å². The predicted octanol–water partition coefficient (Wildman–Crippen LogP) is 4.95. The van der Waals surface area contributed by atoms with Gasteiger partial charge in [-0.2, -0.15) is 11.3 Å². The minimum atomic E-state index is -0.418. The molecule has 3 aromatic rings. The van der Waals surface area contributed by atoms with Crippen LogP contribution in [0.5, 0.6) is 11.5 Å². The number of ether oxygens (including phenoxy) is 1. The van der Waals surface area contributed by atoms with Gasteiger partial charge >= 0.3 is 0 Å². The van der Waals surface area contributed by atoms with Crippen LogP contribution < -0.4 is 15.4 Å². The first-order valence-corrected chi connectivity index (χ1v) is 9.58. The number of benzene rings is 1. The molecule has 0 spiro atoms. The largest absolute Gasteiger partial charge is 0.453 e. The van der Waals surface area contributed by atoms with Crippen LogP contribution in [0.2, 0.25) is 0 Å². The summed E-state index contributed by atoms with van der Waals surface area (Å²) in [6.45, 7) is 3.82. The van der Waals surface area contributed by atoms with Crippen LogP contribution in [0.1, 0.15) is 18.1 Å². The number of hydrogen-bond donors (Lipinski definition) is 2. The number of aromatic nitrogens is 1. The molecular formula is C20H22FIN4OS. The predicted molar refractivity (Wildman–Crippen MR) is 122 cm³/mol. The summed E-state index contributed by atoms with van der Waals surface area (Å²) >= 11 is 1.65. The molecule has 0 fully saturated rings. The number of nitrogens with zero attached hydrogens (tertiary/aromatic N) is 2.